The van der Waals surface area contributed by atoms with Crippen molar-refractivity contribution in [1.82, 2.24) is 9.97 Å². The first-order valence-electron chi connectivity index (χ1n) is 5.99. The average molecular weight is 296 g/mol. The molecule has 1 aromatic carbocycles. The maximum Gasteiger partial charge on any atom is 0.337 e. The van der Waals surface area contributed by atoms with Crippen LogP contribution in [0.25, 0.3) is 10.9 Å². The minimum absolute atomic E-state index is 0.0626. The maximum atomic E-state index is 11.5. The van der Waals surface area contributed by atoms with Gasteiger partial charge in [0.15, 0.2) is 0 Å². The van der Waals surface area contributed by atoms with Gasteiger partial charge in [0.1, 0.15) is 5.82 Å². The number of halogens is 1. The highest BCUT2D eigenvalue weighted by atomic mass is 35.5. The first-order chi connectivity index (χ1) is 9.51. The summed E-state index contributed by atoms with van der Waals surface area (Å²) in [5.74, 6) is 0.0671. The number of methoxy groups -OCH3 is 1. The first kappa shape index (κ1) is 14.5. The van der Waals surface area contributed by atoms with Crippen LogP contribution >= 0.6 is 11.6 Å². The fraction of sp³-hybridized carbons (Fsp3) is 0.308. The van der Waals surface area contributed by atoms with Crippen molar-refractivity contribution in [2.45, 2.75) is 13.0 Å². The molecule has 20 heavy (non-hydrogen) atoms. The van der Waals surface area contributed by atoms with Gasteiger partial charge in [-0.2, -0.15) is 0 Å². The zero-order valence-corrected chi connectivity index (χ0v) is 11.8. The van der Waals surface area contributed by atoms with Crippen LogP contribution in [0.15, 0.2) is 18.2 Å². The summed E-state index contributed by atoms with van der Waals surface area (Å²) < 4.78 is 4.66. The Kier molecular flexibility index (Phi) is 4.36. The van der Waals surface area contributed by atoms with Gasteiger partial charge in [0, 0.05) is 11.9 Å². The van der Waals surface area contributed by atoms with E-state index >= 15 is 0 Å². The predicted octanol–water partition coefficient (Wildman–Crippen LogP) is 1.86. The number of benzene rings is 1. The second-order valence-electron chi connectivity index (χ2n) is 4.29. The number of carbonyl (C=O) groups is 1. The van der Waals surface area contributed by atoms with E-state index in [1.165, 1.54) is 7.11 Å². The Bertz CT molecular complexity index is 646. The van der Waals surface area contributed by atoms with Crippen LogP contribution in [0.1, 0.15) is 17.3 Å². The van der Waals surface area contributed by atoms with Crippen LogP contribution in [0.5, 0.6) is 0 Å². The van der Waals surface area contributed by atoms with Crippen molar-refractivity contribution >= 4 is 34.3 Å². The van der Waals surface area contributed by atoms with Crippen LogP contribution in [0.4, 0.5) is 5.82 Å². The fourth-order valence-electron chi connectivity index (χ4n) is 1.73. The van der Waals surface area contributed by atoms with Gasteiger partial charge in [0.2, 0.25) is 5.28 Å². The van der Waals surface area contributed by atoms with Crippen molar-refractivity contribution in [2.75, 3.05) is 19.0 Å². The van der Waals surface area contributed by atoms with Crippen molar-refractivity contribution in [3.05, 3.63) is 29.0 Å². The number of ether oxygens (including phenoxy) is 1. The lowest BCUT2D eigenvalue weighted by Gasteiger charge is -2.11. The van der Waals surface area contributed by atoms with Gasteiger partial charge in [-0.05, 0) is 36.7 Å². The molecule has 1 aromatic heterocycles. The summed E-state index contributed by atoms with van der Waals surface area (Å²) in [5.41, 5.74) is 0.914. The fourth-order valence-corrected chi connectivity index (χ4v) is 1.90. The van der Waals surface area contributed by atoms with Crippen molar-refractivity contribution in [3.8, 4) is 0 Å². The maximum absolute atomic E-state index is 11.5. The highest BCUT2D eigenvalue weighted by Gasteiger charge is 2.11. The summed E-state index contributed by atoms with van der Waals surface area (Å²) in [5, 5.41) is 13.1. The lowest BCUT2D eigenvalue weighted by atomic mass is 10.1. The normalized spacial score (nSPS) is 12.2. The number of anilines is 1. The van der Waals surface area contributed by atoms with Crippen LogP contribution in [0.2, 0.25) is 5.28 Å². The Morgan fingerprint density at radius 2 is 2.25 bits per heavy atom. The lowest BCUT2D eigenvalue weighted by Crippen LogP contribution is -2.16. The minimum Gasteiger partial charge on any atom is -0.465 e. The van der Waals surface area contributed by atoms with Gasteiger partial charge >= 0.3 is 5.97 Å². The third kappa shape index (κ3) is 3.15. The molecule has 0 aliphatic carbocycles. The third-order valence-corrected chi connectivity index (χ3v) is 2.82. The largest absolute Gasteiger partial charge is 0.465 e. The van der Waals surface area contributed by atoms with Crippen LogP contribution in [0, 0.1) is 0 Å². The van der Waals surface area contributed by atoms with Gasteiger partial charge < -0.3 is 15.2 Å². The van der Waals surface area contributed by atoms with Gasteiger partial charge in [-0.25, -0.2) is 14.8 Å². The Labute approximate surface area is 120 Å². The number of esters is 1. The molecular weight excluding hydrogens is 282 g/mol. The standard InChI is InChI=1S/C13H14ClN3O3/c1-7(18)6-15-11-9-4-3-8(12(19)20-2)5-10(9)16-13(14)17-11/h3-5,7,18H,6H2,1-2H3,(H,15,16,17). The van der Waals surface area contributed by atoms with Crippen molar-refractivity contribution < 1.29 is 14.6 Å². The van der Waals surface area contributed by atoms with E-state index in [-0.39, 0.29) is 5.28 Å². The average Bonchev–Trinajstić information content (AvgIpc) is 2.42. The number of hydrogen-bond acceptors (Lipinski definition) is 6. The van der Waals surface area contributed by atoms with Crippen LogP contribution in [0.3, 0.4) is 0 Å². The van der Waals surface area contributed by atoms with Crippen molar-refractivity contribution in [2.24, 2.45) is 0 Å². The molecule has 2 aromatic rings. The van der Waals surface area contributed by atoms with E-state index in [0.717, 1.165) is 0 Å². The van der Waals surface area contributed by atoms with Gasteiger partial charge in [0.25, 0.3) is 0 Å². The Morgan fingerprint density at radius 1 is 1.50 bits per heavy atom. The van der Waals surface area contributed by atoms with Crippen LogP contribution < -0.4 is 5.32 Å². The van der Waals surface area contributed by atoms with E-state index in [2.05, 4.69) is 20.0 Å². The Balaban J connectivity index is 2.46. The summed E-state index contributed by atoms with van der Waals surface area (Å²) in [6.45, 7) is 1.99. The van der Waals surface area contributed by atoms with E-state index in [1.807, 2.05) is 0 Å². The van der Waals surface area contributed by atoms with E-state index in [1.54, 1.807) is 25.1 Å². The zero-order chi connectivity index (χ0) is 14.7. The Morgan fingerprint density at radius 3 is 2.90 bits per heavy atom. The predicted molar refractivity (Wildman–Crippen MR) is 76.1 cm³/mol. The molecule has 0 fully saturated rings. The molecule has 0 saturated carbocycles. The molecule has 0 aliphatic heterocycles. The summed E-state index contributed by atoms with van der Waals surface area (Å²) in [6.07, 6.45) is -0.520. The molecular formula is C13H14ClN3O3. The number of aromatic nitrogens is 2. The van der Waals surface area contributed by atoms with E-state index in [4.69, 9.17) is 11.6 Å². The molecule has 1 atom stereocenters. The van der Waals surface area contributed by atoms with Crippen LogP contribution in [-0.4, -0.2) is 40.8 Å². The van der Waals surface area contributed by atoms with Gasteiger partial charge in [-0.1, -0.05) is 0 Å². The van der Waals surface area contributed by atoms with Crippen LogP contribution in [-0.2, 0) is 4.74 Å². The number of fused-ring (bicyclic) bond motifs is 1. The summed E-state index contributed by atoms with van der Waals surface area (Å²) in [7, 11) is 1.31. The summed E-state index contributed by atoms with van der Waals surface area (Å²) in [6, 6.07) is 4.92. The number of nitrogens with one attached hydrogen (secondary N) is 1. The molecule has 1 unspecified atom stereocenters. The summed E-state index contributed by atoms with van der Waals surface area (Å²) in [4.78, 5) is 19.7. The molecule has 0 aliphatic rings. The second kappa shape index (κ2) is 6.02. The number of aliphatic hydroxyl groups excluding tert-OH is 1. The monoisotopic (exact) mass is 295 g/mol. The van der Waals surface area contributed by atoms with Gasteiger partial charge in [-0.3, -0.25) is 0 Å². The number of hydrogen-bond donors (Lipinski definition) is 2. The van der Waals surface area contributed by atoms with Gasteiger partial charge in [0.05, 0.1) is 24.3 Å². The molecule has 7 heteroatoms. The molecule has 0 amide bonds. The first-order valence-corrected chi connectivity index (χ1v) is 6.36. The highest BCUT2D eigenvalue weighted by Crippen LogP contribution is 2.23. The zero-order valence-electron chi connectivity index (χ0n) is 11.1. The molecule has 0 radical (unpaired) electrons. The number of carbonyl (C=O) groups excluding carboxylic acids is 1. The molecule has 6 nitrogen and oxygen atoms in total. The van der Waals surface area contributed by atoms with E-state index in [9.17, 15) is 9.90 Å². The smallest absolute Gasteiger partial charge is 0.337 e. The Hall–Kier alpha value is -1.92. The number of nitrogens with zero attached hydrogens (tertiary/aromatic N) is 2. The third-order valence-electron chi connectivity index (χ3n) is 2.66. The minimum atomic E-state index is -0.520. The molecule has 2 N–H and O–H groups in total. The molecule has 1 heterocycles. The quantitative estimate of drug-likeness (QED) is 0.661. The van der Waals surface area contributed by atoms with Crippen molar-refractivity contribution in [3.63, 3.8) is 0 Å². The molecule has 2 rings (SSSR count). The molecule has 0 spiro atoms. The molecule has 106 valence electrons. The second-order valence-corrected chi connectivity index (χ2v) is 4.63. The van der Waals surface area contributed by atoms with E-state index < -0.39 is 12.1 Å². The van der Waals surface area contributed by atoms with Gasteiger partial charge in [-0.15, -0.1) is 0 Å². The lowest BCUT2D eigenvalue weighted by molar-refractivity contribution is 0.0601. The highest BCUT2D eigenvalue weighted by molar-refractivity contribution is 6.28. The topological polar surface area (TPSA) is 84.3 Å². The SMILES string of the molecule is COC(=O)c1ccc2c(NCC(C)O)nc(Cl)nc2c1. The van der Waals surface area contributed by atoms with E-state index in [0.29, 0.717) is 28.8 Å². The number of rotatable bonds is 4. The summed E-state index contributed by atoms with van der Waals surface area (Å²) >= 11 is 5.86. The number of aliphatic hydroxyl groups is 1. The molecule has 0 bridgehead atoms. The molecule has 0 saturated heterocycles. The van der Waals surface area contributed by atoms with Crippen molar-refractivity contribution in [1.29, 1.82) is 0 Å².